The van der Waals surface area contributed by atoms with Gasteiger partial charge in [-0.15, -0.1) is 0 Å². The Balaban J connectivity index is 1.89. The number of aromatic nitrogens is 1. The summed E-state index contributed by atoms with van der Waals surface area (Å²) in [5.41, 5.74) is 0.102. The Labute approximate surface area is 102 Å². The largest absolute Gasteiger partial charge is 0.390 e. The molecule has 1 fully saturated rings. The van der Waals surface area contributed by atoms with Gasteiger partial charge in [-0.25, -0.2) is 0 Å². The summed E-state index contributed by atoms with van der Waals surface area (Å²) in [4.78, 5) is 17.0. The van der Waals surface area contributed by atoms with Gasteiger partial charge in [-0.3, -0.25) is 9.69 Å². The fourth-order valence-electron chi connectivity index (χ4n) is 2.27. The minimum atomic E-state index is -0.565. The van der Waals surface area contributed by atoms with Gasteiger partial charge in [0.15, 0.2) is 5.78 Å². The molecule has 1 aliphatic rings. The van der Waals surface area contributed by atoms with Crippen LogP contribution in [0.1, 0.15) is 36.7 Å². The zero-order valence-electron chi connectivity index (χ0n) is 10.3. The van der Waals surface area contributed by atoms with Crippen LogP contribution in [0.4, 0.5) is 0 Å². The van der Waals surface area contributed by atoms with Crippen molar-refractivity contribution < 1.29 is 9.90 Å². The van der Waals surface area contributed by atoms with Crippen LogP contribution in [0.25, 0.3) is 0 Å². The van der Waals surface area contributed by atoms with E-state index in [1.54, 1.807) is 12.3 Å². The maximum Gasteiger partial charge on any atom is 0.192 e. The van der Waals surface area contributed by atoms with Crippen molar-refractivity contribution in [2.24, 2.45) is 0 Å². The van der Waals surface area contributed by atoms with Gasteiger partial charge in [-0.1, -0.05) is 0 Å². The third-order valence-electron chi connectivity index (χ3n) is 3.42. The molecule has 2 heterocycles. The molecule has 94 valence electrons. The first kappa shape index (κ1) is 12.3. The predicted octanol–water partition coefficient (Wildman–Crippen LogP) is 1.43. The van der Waals surface area contributed by atoms with Crippen LogP contribution in [0.3, 0.4) is 0 Å². The van der Waals surface area contributed by atoms with Gasteiger partial charge in [0.05, 0.1) is 17.8 Å². The van der Waals surface area contributed by atoms with E-state index in [4.69, 9.17) is 0 Å². The number of Topliss-reactive ketones (excluding diaryl/α,β-unsaturated/α-hetero) is 1. The minimum Gasteiger partial charge on any atom is -0.390 e. The van der Waals surface area contributed by atoms with E-state index in [0.29, 0.717) is 12.2 Å². The predicted molar refractivity (Wildman–Crippen MR) is 66.0 cm³/mol. The molecule has 2 N–H and O–H groups in total. The topological polar surface area (TPSA) is 56.3 Å². The highest BCUT2D eigenvalue weighted by Crippen LogP contribution is 2.21. The Bertz CT molecular complexity index is 371. The van der Waals surface area contributed by atoms with E-state index in [0.717, 1.165) is 32.4 Å². The van der Waals surface area contributed by atoms with E-state index in [1.165, 1.54) is 0 Å². The van der Waals surface area contributed by atoms with Crippen molar-refractivity contribution in [3.8, 4) is 0 Å². The summed E-state index contributed by atoms with van der Waals surface area (Å²) in [6.45, 7) is 4.00. The quantitative estimate of drug-likeness (QED) is 0.781. The summed E-state index contributed by atoms with van der Waals surface area (Å²) in [6, 6.07) is 3.64. The molecule has 1 aromatic heterocycles. The first-order chi connectivity index (χ1) is 8.07. The molecule has 0 spiro atoms. The molecule has 0 aromatic carbocycles. The van der Waals surface area contributed by atoms with Gasteiger partial charge in [0.2, 0.25) is 0 Å². The fourth-order valence-corrected chi connectivity index (χ4v) is 2.27. The fraction of sp³-hybridized carbons (Fsp3) is 0.615. The average molecular weight is 236 g/mol. The molecule has 1 aliphatic heterocycles. The lowest BCUT2D eigenvalue weighted by Gasteiger charge is -2.21. The van der Waals surface area contributed by atoms with Crippen LogP contribution >= 0.6 is 0 Å². The number of rotatable bonds is 3. The second-order valence-electron chi connectivity index (χ2n) is 5.13. The maximum absolute atomic E-state index is 11.9. The molecule has 4 heteroatoms. The van der Waals surface area contributed by atoms with Gasteiger partial charge >= 0.3 is 0 Å². The van der Waals surface area contributed by atoms with Crippen molar-refractivity contribution >= 4 is 5.78 Å². The van der Waals surface area contributed by atoms with Crippen LogP contribution < -0.4 is 0 Å². The molecule has 1 unspecified atom stereocenters. The molecule has 0 bridgehead atoms. The van der Waals surface area contributed by atoms with E-state index >= 15 is 0 Å². The lowest BCUT2D eigenvalue weighted by molar-refractivity contribution is 0.0444. The minimum absolute atomic E-state index is 0.122. The maximum atomic E-state index is 11.9. The van der Waals surface area contributed by atoms with E-state index in [-0.39, 0.29) is 5.78 Å². The first-order valence-electron chi connectivity index (χ1n) is 6.18. The van der Waals surface area contributed by atoms with Gasteiger partial charge < -0.3 is 10.1 Å². The summed E-state index contributed by atoms with van der Waals surface area (Å²) in [5, 5.41) is 9.97. The van der Waals surface area contributed by atoms with E-state index < -0.39 is 5.60 Å². The van der Waals surface area contributed by atoms with Crippen molar-refractivity contribution in [2.75, 3.05) is 19.6 Å². The summed E-state index contributed by atoms with van der Waals surface area (Å²) < 4.78 is 0. The van der Waals surface area contributed by atoms with Crippen LogP contribution in [-0.4, -0.2) is 46.0 Å². The number of nitrogens with one attached hydrogen (secondary N) is 1. The van der Waals surface area contributed by atoms with Gasteiger partial charge in [0, 0.05) is 12.7 Å². The first-order valence-corrected chi connectivity index (χ1v) is 6.18. The third-order valence-corrected chi connectivity index (χ3v) is 3.42. The Kier molecular flexibility index (Phi) is 3.64. The molecule has 1 aromatic rings. The van der Waals surface area contributed by atoms with Crippen molar-refractivity contribution in [3.05, 3.63) is 24.0 Å². The Morgan fingerprint density at radius 1 is 1.53 bits per heavy atom. The normalized spacial score (nSPS) is 26.7. The summed E-state index contributed by atoms with van der Waals surface area (Å²) in [5.74, 6) is 0.122. The van der Waals surface area contributed by atoms with Crippen LogP contribution in [0.5, 0.6) is 0 Å². The molecular weight excluding hydrogens is 216 g/mol. The number of carbonyl (C=O) groups excluding carboxylic acids is 1. The third kappa shape index (κ3) is 3.41. The molecular formula is C13H20N2O2. The van der Waals surface area contributed by atoms with Crippen molar-refractivity contribution in [1.29, 1.82) is 0 Å². The van der Waals surface area contributed by atoms with E-state index in [2.05, 4.69) is 9.88 Å². The monoisotopic (exact) mass is 236 g/mol. The van der Waals surface area contributed by atoms with Gasteiger partial charge in [-0.05, 0) is 44.9 Å². The average Bonchev–Trinajstić information content (AvgIpc) is 2.73. The molecule has 17 heavy (non-hydrogen) atoms. The van der Waals surface area contributed by atoms with Crippen LogP contribution in [-0.2, 0) is 0 Å². The van der Waals surface area contributed by atoms with Crippen LogP contribution in [0.15, 0.2) is 18.3 Å². The number of ketones is 1. The molecule has 0 radical (unpaired) electrons. The number of carbonyl (C=O) groups is 1. The Morgan fingerprint density at radius 3 is 3.06 bits per heavy atom. The molecule has 1 atom stereocenters. The van der Waals surface area contributed by atoms with Crippen LogP contribution in [0.2, 0.25) is 0 Å². The summed E-state index contributed by atoms with van der Waals surface area (Å²) >= 11 is 0. The summed E-state index contributed by atoms with van der Waals surface area (Å²) in [7, 11) is 0. The zero-order valence-corrected chi connectivity index (χ0v) is 10.3. The number of hydrogen-bond acceptors (Lipinski definition) is 3. The Morgan fingerprint density at radius 2 is 2.35 bits per heavy atom. The number of aliphatic hydroxyl groups is 1. The highest BCUT2D eigenvalue weighted by molar-refractivity contribution is 5.95. The molecule has 0 amide bonds. The molecule has 1 saturated heterocycles. The van der Waals surface area contributed by atoms with E-state index in [1.807, 2.05) is 13.0 Å². The van der Waals surface area contributed by atoms with Crippen molar-refractivity contribution in [1.82, 2.24) is 9.88 Å². The number of likely N-dealkylation sites (tertiary alicyclic amines) is 1. The highest BCUT2D eigenvalue weighted by Gasteiger charge is 2.25. The number of hydrogen-bond donors (Lipinski definition) is 2. The molecule has 0 saturated carbocycles. The lowest BCUT2D eigenvalue weighted by atomic mass is 9.98. The van der Waals surface area contributed by atoms with Gasteiger partial charge in [-0.2, -0.15) is 0 Å². The standard InChI is InChI=1S/C13H20N2O2/c1-13(17)5-3-8-15(9-6-13)10-12(16)11-4-2-7-14-11/h2,4,7,14,17H,3,5-6,8-10H2,1H3. The highest BCUT2D eigenvalue weighted by atomic mass is 16.3. The van der Waals surface area contributed by atoms with Crippen LogP contribution in [0, 0.1) is 0 Å². The van der Waals surface area contributed by atoms with Crippen molar-refractivity contribution in [3.63, 3.8) is 0 Å². The second kappa shape index (κ2) is 5.02. The number of H-pyrrole nitrogens is 1. The van der Waals surface area contributed by atoms with Crippen molar-refractivity contribution in [2.45, 2.75) is 31.8 Å². The molecule has 0 aliphatic carbocycles. The summed E-state index contributed by atoms with van der Waals surface area (Å²) in [6.07, 6.45) is 4.27. The number of nitrogens with zero attached hydrogens (tertiary/aromatic N) is 1. The molecule has 4 nitrogen and oxygen atoms in total. The smallest absolute Gasteiger partial charge is 0.192 e. The second-order valence-corrected chi connectivity index (χ2v) is 5.13. The van der Waals surface area contributed by atoms with E-state index in [9.17, 15) is 9.90 Å². The number of aromatic amines is 1. The Hall–Kier alpha value is -1.13. The lowest BCUT2D eigenvalue weighted by Crippen LogP contribution is -2.32. The van der Waals surface area contributed by atoms with Gasteiger partial charge in [0.25, 0.3) is 0 Å². The zero-order chi connectivity index (χ0) is 12.3. The molecule has 2 rings (SSSR count). The SMILES string of the molecule is CC1(O)CCCN(CC(=O)c2ccc[nH]2)CC1. The van der Waals surface area contributed by atoms with Gasteiger partial charge in [0.1, 0.15) is 0 Å².